The van der Waals surface area contributed by atoms with Crippen LogP contribution < -0.4 is 16.0 Å². The summed E-state index contributed by atoms with van der Waals surface area (Å²) in [6.45, 7) is 11.4. The van der Waals surface area contributed by atoms with Crippen LogP contribution in [-0.4, -0.2) is 67.3 Å². The van der Waals surface area contributed by atoms with Crippen LogP contribution in [0.4, 0.5) is 11.9 Å². The largest absolute Gasteiger partial charge is 0.355 e. The van der Waals surface area contributed by atoms with Crippen molar-refractivity contribution in [1.29, 1.82) is 0 Å². The zero-order valence-electron chi connectivity index (χ0n) is 20.8. The van der Waals surface area contributed by atoms with Crippen LogP contribution in [-0.2, 0) is 17.9 Å². The lowest BCUT2D eigenvalue weighted by atomic mass is 9.99. The normalized spacial score (nSPS) is 16.4. The Labute approximate surface area is 210 Å². The second-order valence-corrected chi connectivity index (χ2v) is 9.81. The van der Waals surface area contributed by atoms with Crippen molar-refractivity contribution < 1.29 is 4.79 Å². The van der Waals surface area contributed by atoms with Gasteiger partial charge in [0.2, 0.25) is 17.8 Å². The molecule has 10 nitrogen and oxygen atoms in total. The molecular weight excluding hydrogens is 462 g/mol. The zero-order chi connectivity index (χ0) is 24.6. The van der Waals surface area contributed by atoms with Gasteiger partial charge in [-0.2, -0.15) is 9.97 Å². The summed E-state index contributed by atoms with van der Waals surface area (Å²) in [7, 11) is 0. The van der Waals surface area contributed by atoms with E-state index in [1.165, 1.54) is 30.2 Å². The average Bonchev–Trinajstić information content (AvgIpc) is 3.26. The second kappa shape index (κ2) is 12.2. The smallest absolute Gasteiger partial charge is 0.261 e. The van der Waals surface area contributed by atoms with Crippen LogP contribution in [0.1, 0.15) is 44.7 Å². The Balaban J connectivity index is 1.36. The van der Waals surface area contributed by atoms with Gasteiger partial charge in [0.1, 0.15) is 0 Å². The minimum Gasteiger partial charge on any atom is -0.355 e. The van der Waals surface area contributed by atoms with E-state index in [2.05, 4.69) is 66.1 Å². The lowest BCUT2D eigenvalue weighted by Gasteiger charge is -2.31. The minimum absolute atomic E-state index is 0.0525. The third kappa shape index (κ3) is 6.61. The van der Waals surface area contributed by atoms with E-state index in [0.29, 0.717) is 42.5 Å². The first-order chi connectivity index (χ1) is 17.1. The summed E-state index contributed by atoms with van der Waals surface area (Å²) >= 11 is 1.32. The first-order valence-electron chi connectivity index (χ1n) is 12.4. The van der Waals surface area contributed by atoms with Crippen molar-refractivity contribution in [2.75, 3.05) is 42.6 Å². The molecular formula is C24H35N9OS. The van der Waals surface area contributed by atoms with Crippen molar-refractivity contribution in [1.82, 2.24) is 34.8 Å². The number of hydrogen-bond donors (Lipinski definition) is 3. The number of benzene rings is 1. The number of nitrogens with zero attached hydrogens (tertiary/aromatic N) is 6. The van der Waals surface area contributed by atoms with E-state index < -0.39 is 0 Å². The lowest BCUT2D eigenvalue weighted by molar-refractivity contribution is -0.118. The van der Waals surface area contributed by atoms with Gasteiger partial charge in [-0.1, -0.05) is 43.0 Å². The zero-order valence-corrected chi connectivity index (χ0v) is 21.6. The fourth-order valence-electron chi connectivity index (χ4n) is 4.33. The molecule has 0 bridgehead atoms. The molecule has 3 N–H and O–H groups in total. The third-order valence-corrected chi connectivity index (χ3v) is 6.91. The molecule has 2 aromatic heterocycles. The molecule has 1 atom stereocenters. The highest BCUT2D eigenvalue weighted by atomic mass is 32.2. The molecule has 4 rings (SSSR count). The van der Waals surface area contributed by atoms with Crippen LogP contribution in [0.5, 0.6) is 0 Å². The number of anilines is 2. The standard InChI is InChI=1S/C24H35N9OS/c1-4-25-21-28-22(26-5-2)33-23(29-21)30-31-24(33)35-16-20(34)27-13-18-10-6-7-11-19(18)15-32-12-8-9-17(3)14-32/h6-7,10-11,17H,4-5,8-9,12-16H2,1-3H3,(H,27,34)(H2,25,26,28,29,30). The van der Waals surface area contributed by atoms with Gasteiger partial charge in [-0.25, -0.2) is 4.40 Å². The maximum Gasteiger partial charge on any atom is 0.261 e. The number of carbonyl (C=O) groups is 1. The van der Waals surface area contributed by atoms with Crippen molar-refractivity contribution in [2.45, 2.75) is 51.9 Å². The van der Waals surface area contributed by atoms with Crippen LogP contribution in [0.15, 0.2) is 29.4 Å². The molecule has 3 aromatic rings. The van der Waals surface area contributed by atoms with Crippen LogP contribution in [0.3, 0.4) is 0 Å². The summed E-state index contributed by atoms with van der Waals surface area (Å²) in [5.74, 6) is 2.46. The number of nitrogens with one attached hydrogen (secondary N) is 3. The van der Waals surface area contributed by atoms with Crippen LogP contribution in [0.25, 0.3) is 5.78 Å². The van der Waals surface area contributed by atoms with Gasteiger partial charge in [0.25, 0.3) is 5.78 Å². The summed E-state index contributed by atoms with van der Waals surface area (Å²) in [4.78, 5) is 24.1. The Hall–Kier alpha value is -2.92. The van der Waals surface area contributed by atoms with Gasteiger partial charge in [0.15, 0.2) is 5.16 Å². The van der Waals surface area contributed by atoms with Crippen LogP contribution >= 0.6 is 11.8 Å². The van der Waals surface area contributed by atoms with Gasteiger partial charge in [0.05, 0.1) is 5.75 Å². The predicted octanol–water partition coefficient (Wildman–Crippen LogP) is 3.02. The number of likely N-dealkylation sites (tertiary alicyclic amines) is 1. The van der Waals surface area contributed by atoms with Crippen LogP contribution in [0, 0.1) is 5.92 Å². The van der Waals surface area contributed by atoms with Gasteiger partial charge < -0.3 is 16.0 Å². The molecule has 0 radical (unpaired) electrons. The maximum atomic E-state index is 12.7. The quantitative estimate of drug-likeness (QED) is 0.344. The van der Waals surface area contributed by atoms with E-state index in [-0.39, 0.29) is 11.7 Å². The number of amides is 1. The Morgan fingerprint density at radius 1 is 1.11 bits per heavy atom. The summed E-state index contributed by atoms with van der Waals surface area (Å²) in [5, 5.41) is 18.4. The van der Waals surface area contributed by atoms with E-state index in [1.807, 2.05) is 19.9 Å². The summed E-state index contributed by atoms with van der Waals surface area (Å²) in [6, 6.07) is 8.38. The van der Waals surface area contributed by atoms with Crippen molar-refractivity contribution in [3.05, 3.63) is 35.4 Å². The Morgan fingerprint density at radius 3 is 2.69 bits per heavy atom. The first-order valence-corrected chi connectivity index (χ1v) is 13.4. The summed E-state index contributed by atoms with van der Waals surface area (Å²) in [6.07, 6.45) is 2.57. The number of rotatable bonds is 11. The van der Waals surface area contributed by atoms with Gasteiger partial charge in [-0.05, 0) is 50.3 Å². The number of hydrogen-bond acceptors (Lipinski definition) is 9. The molecule has 0 saturated carbocycles. The average molecular weight is 498 g/mol. The third-order valence-electron chi connectivity index (χ3n) is 5.98. The number of fused-ring (bicyclic) bond motifs is 1. The predicted molar refractivity (Wildman–Crippen MR) is 140 cm³/mol. The molecule has 1 aliphatic rings. The highest BCUT2D eigenvalue weighted by molar-refractivity contribution is 7.99. The first kappa shape index (κ1) is 25.2. The van der Waals surface area contributed by atoms with E-state index in [4.69, 9.17) is 0 Å². The van der Waals surface area contributed by atoms with E-state index >= 15 is 0 Å². The maximum absolute atomic E-state index is 12.7. The fourth-order valence-corrected chi connectivity index (χ4v) is 5.09. The van der Waals surface area contributed by atoms with Crippen molar-refractivity contribution in [3.63, 3.8) is 0 Å². The number of carbonyl (C=O) groups excluding carboxylic acids is 1. The van der Waals surface area contributed by atoms with Crippen molar-refractivity contribution in [2.24, 2.45) is 5.92 Å². The van der Waals surface area contributed by atoms with Gasteiger partial charge >= 0.3 is 0 Å². The molecule has 1 aromatic carbocycles. The highest BCUT2D eigenvalue weighted by Crippen LogP contribution is 2.22. The van der Waals surface area contributed by atoms with Gasteiger partial charge in [-0.3, -0.25) is 9.69 Å². The topological polar surface area (TPSA) is 112 Å². The highest BCUT2D eigenvalue weighted by Gasteiger charge is 2.18. The molecule has 1 fully saturated rings. The van der Waals surface area contributed by atoms with E-state index in [1.54, 1.807) is 4.40 Å². The van der Waals surface area contributed by atoms with Crippen molar-refractivity contribution >= 4 is 35.3 Å². The number of thioether (sulfide) groups is 1. The molecule has 1 aliphatic heterocycles. The molecule has 1 unspecified atom stereocenters. The monoisotopic (exact) mass is 497 g/mol. The summed E-state index contributed by atoms with van der Waals surface area (Å²) in [5.41, 5.74) is 2.44. The van der Waals surface area contributed by atoms with E-state index in [9.17, 15) is 4.79 Å². The molecule has 0 aliphatic carbocycles. The fraction of sp³-hybridized carbons (Fsp3) is 0.542. The SMILES string of the molecule is CCNc1nc(NCC)n2c(SCC(=O)NCc3ccccc3CN3CCCC(C)C3)nnc2n1. The number of piperidine rings is 1. The van der Waals surface area contributed by atoms with E-state index in [0.717, 1.165) is 31.1 Å². The van der Waals surface area contributed by atoms with Gasteiger partial charge in [-0.15, -0.1) is 10.2 Å². The summed E-state index contributed by atoms with van der Waals surface area (Å²) < 4.78 is 1.75. The lowest BCUT2D eigenvalue weighted by Crippen LogP contribution is -2.34. The molecule has 1 amide bonds. The Morgan fingerprint density at radius 2 is 1.91 bits per heavy atom. The molecule has 35 heavy (non-hydrogen) atoms. The number of aromatic nitrogens is 5. The van der Waals surface area contributed by atoms with Gasteiger partial charge in [0, 0.05) is 32.7 Å². The molecule has 1 saturated heterocycles. The molecule has 0 spiro atoms. The Bertz CT molecular complexity index is 1140. The molecule has 3 heterocycles. The Kier molecular flexibility index (Phi) is 8.75. The second-order valence-electron chi connectivity index (χ2n) is 8.87. The van der Waals surface area contributed by atoms with Crippen LogP contribution in [0.2, 0.25) is 0 Å². The molecule has 11 heteroatoms. The minimum atomic E-state index is -0.0525. The van der Waals surface area contributed by atoms with Crippen molar-refractivity contribution in [3.8, 4) is 0 Å². The molecule has 188 valence electrons.